The van der Waals surface area contributed by atoms with E-state index in [4.69, 9.17) is 28.3 Å². The van der Waals surface area contributed by atoms with E-state index >= 15 is 0 Å². The zero-order valence-electron chi connectivity index (χ0n) is 9.66. The Balaban J connectivity index is 2.28. The summed E-state index contributed by atoms with van der Waals surface area (Å²) in [6.45, 7) is 2.40. The lowest BCUT2D eigenvalue weighted by Gasteiger charge is -2.09. The maximum Gasteiger partial charge on any atom is 0.0542 e. The average Bonchev–Trinajstić information content (AvgIpc) is 2.29. The van der Waals surface area contributed by atoms with Gasteiger partial charge in [-0.25, -0.2) is 0 Å². The molecular weight excluding hydrogens is 295 g/mol. The summed E-state index contributed by atoms with van der Waals surface area (Å²) in [6, 6.07) is 5.52. The van der Waals surface area contributed by atoms with Crippen LogP contribution in [0.15, 0.2) is 23.1 Å². The summed E-state index contributed by atoms with van der Waals surface area (Å²) < 4.78 is 0. The highest BCUT2D eigenvalue weighted by atomic mass is 35.5. The molecule has 0 aromatic heterocycles. The van der Waals surface area contributed by atoms with Crippen LogP contribution >= 0.6 is 46.7 Å². The number of aliphatic hydroxyl groups excluding tert-OH is 1. The van der Waals surface area contributed by atoms with Crippen molar-refractivity contribution in [3.05, 3.63) is 28.2 Å². The fourth-order valence-corrected chi connectivity index (χ4v) is 3.80. The predicted molar refractivity (Wildman–Crippen MR) is 80.8 cm³/mol. The zero-order valence-corrected chi connectivity index (χ0v) is 12.8. The van der Waals surface area contributed by atoms with Crippen molar-refractivity contribution >= 4 is 46.7 Å². The van der Waals surface area contributed by atoms with Gasteiger partial charge in [0.05, 0.1) is 5.02 Å². The Morgan fingerprint density at radius 1 is 1.29 bits per heavy atom. The van der Waals surface area contributed by atoms with Gasteiger partial charge in [0.15, 0.2) is 0 Å². The first-order valence-electron chi connectivity index (χ1n) is 5.44. The molecule has 1 unspecified atom stereocenters. The summed E-state index contributed by atoms with van der Waals surface area (Å²) in [5.41, 5.74) is 0. The Labute approximate surface area is 121 Å². The van der Waals surface area contributed by atoms with E-state index in [1.807, 2.05) is 23.9 Å². The lowest BCUT2D eigenvalue weighted by atomic mass is 10.3. The molecule has 1 aromatic rings. The van der Waals surface area contributed by atoms with Crippen LogP contribution in [0.4, 0.5) is 0 Å². The summed E-state index contributed by atoms with van der Waals surface area (Å²) >= 11 is 15.6. The van der Waals surface area contributed by atoms with E-state index in [1.165, 1.54) is 0 Å². The molecule has 0 saturated heterocycles. The largest absolute Gasteiger partial charge is 0.396 e. The lowest BCUT2D eigenvalue weighted by molar-refractivity contribution is 0.289. The van der Waals surface area contributed by atoms with E-state index in [2.05, 4.69) is 6.92 Å². The van der Waals surface area contributed by atoms with Gasteiger partial charge in [-0.3, -0.25) is 0 Å². The zero-order chi connectivity index (χ0) is 12.7. The molecule has 5 heteroatoms. The number of thioether (sulfide) groups is 2. The molecule has 0 aliphatic rings. The topological polar surface area (TPSA) is 20.2 Å². The first-order valence-corrected chi connectivity index (χ1v) is 8.23. The molecule has 0 spiro atoms. The molecule has 0 radical (unpaired) electrons. The highest BCUT2D eigenvalue weighted by Gasteiger charge is 2.04. The van der Waals surface area contributed by atoms with Crippen molar-refractivity contribution in [1.82, 2.24) is 0 Å². The van der Waals surface area contributed by atoms with Gasteiger partial charge in [0, 0.05) is 33.3 Å². The second kappa shape index (κ2) is 8.54. The van der Waals surface area contributed by atoms with Crippen LogP contribution in [0.25, 0.3) is 0 Å². The Kier molecular flexibility index (Phi) is 7.80. The van der Waals surface area contributed by atoms with Crippen molar-refractivity contribution in [2.45, 2.75) is 23.5 Å². The third kappa shape index (κ3) is 6.25. The van der Waals surface area contributed by atoms with Gasteiger partial charge in [-0.1, -0.05) is 30.1 Å². The highest BCUT2D eigenvalue weighted by Crippen LogP contribution is 2.30. The van der Waals surface area contributed by atoms with Crippen LogP contribution in [0.1, 0.15) is 13.3 Å². The molecule has 0 bridgehead atoms. The minimum Gasteiger partial charge on any atom is -0.396 e. The van der Waals surface area contributed by atoms with Crippen molar-refractivity contribution in [3.8, 4) is 0 Å². The van der Waals surface area contributed by atoms with Gasteiger partial charge in [0.2, 0.25) is 0 Å². The Morgan fingerprint density at radius 3 is 2.76 bits per heavy atom. The second-order valence-corrected chi connectivity index (χ2v) is 7.14. The Hall–Kier alpha value is 0.460. The molecule has 0 fully saturated rings. The average molecular weight is 311 g/mol. The van der Waals surface area contributed by atoms with Gasteiger partial charge >= 0.3 is 0 Å². The van der Waals surface area contributed by atoms with Crippen LogP contribution in [0, 0.1) is 0 Å². The van der Waals surface area contributed by atoms with Gasteiger partial charge in [-0.05, 0) is 24.6 Å². The van der Waals surface area contributed by atoms with Crippen molar-refractivity contribution in [3.63, 3.8) is 0 Å². The maximum atomic E-state index is 8.79. The summed E-state index contributed by atoms with van der Waals surface area (Å²) in [5, 5.41) is 10.8. The van der Waals surface area contributed by atoms with Gasteiger partial charge in [0.25, 0.3) is 0 Å². The van der Waals surface area contributed by atoms with Crippen molar-refractivity contribution in [1.29, 1.82) is 0 Å². The standard InChI is InChI=1S/C12H16Cl2OS2/c1-9(4-5-15)16-6-7-17-12-8-10(13)2-3-11(12)14/h2-3,8-9,15H,4-7H2,1H3. The van der Waals surface area contributed by atoms with Crippen molar-refractivity contribution in [2.24, 2.45) is 0 Å². The molecule has 0 aliphatic heterocycles. The van der Waals surface area contributed by atoms with Crippen molar-refractivity contribution in [2.75, 3.05) is 18.1 Å². The highest BCUT2D eigenvalue weighted by molar-refractivity contribution is 8.03. The van der Waals surface area contributed by atoms with Crippen LogP contribution in [0.5, 0.6) is 0 Å². The van der Waals surface area contributed by atoms with Crippen LogP contribution in [-0.4, -0.2) is 28.5 Å². The molecule has 0 saturated carbocycles. The molecule has 1 aromatic carbocycles. The van der Waals surface area contributed by atoms with Gasteiger partial charge in [0.1, 0.15) is 0 Å². The third-order valence-electron chi connectivity index (χ3n) is 2.17. The lowest BCUT2D eigenvalue weighted by Crippen LogP contribution is -2.01. The van der Waals surface area contributed by atoms with E-state index in [0.29, 0.717) is 5.25 Å². The SMILES string of the molecule is CC(CCO)SCCSc1cc(Cl)ccc1Cl. The summed E-state index contributed by atoms with van der Waals surface area (Å²) in [4.78, 5) is 1.04. The molecule has 96 valence electrons. The van der Waals surface area contributed by atoms with E-state index in [-0.39, 0.29) is 6.61 Å². The molecule has 1 nitrogen and oxygen atoms in total. The number of rotatable bonds is 7. The minimum absolute atomic E-state index is 0.265. The van der Waals surface area contributed by atoms with Gasteiger partial charge in [-0.2, -0.15) is 11.8 Å². The smallest absolute Gasteiger partial charge is 0.0542 e. The molecular formula is C12H16Cl2OS2. The minimum atomic E-state index is 0.265. The molecule has 17 heavy (non-hydrogen) atoms. The molecule has 0 amide bonds. The molecule has 0 aliphatic carbocycles. The van der Waals surface area contributed by atoms with Crippen LogP contribution in [0.2, 0.25) is 10.0 Å². The van der Waals surface area contributed by atoms with Gasteiger partial charge < -0.3 is 5.11 Å². The van der Waals surface area contributed by atoms with E-state index in [1.54, 1.807) is 17.8 Å². The van der Waals surface area contributed by atoms with Crippen LogP contribution in [0.3, 0.4) is 0 Å². The number of hydrogen-bond acceptors (Lipinski definition) is 3. The van der Waals surface area contributed by atoms with E-state index in [0.717, 1.165) is 32.9 Å². The molecule has 0 heterocycles. The first kappa shape index (κ1) is 15.5. The molecule has 1 N–H and O–H groups in total. The number of aliphatic hydroxyl groups is 1. The number of halogens is 2. The fraction of sp³-hybridized carbons (Fsp3) is 0.500. The predicted octanol–water partition coefficient (Wildman–Crippen LogP) is 4.59. The van der Waals surface area contributed by atoms with E-state index in [9.17, 15) is 0 Å². The van der Waals surface area contributed by atoms with Crippen LogP contribution in [-0.2, 0) is 0 Å². The number of benzene rings is 1. The second-order valence-electron chi connectivity index (χ2n) is 3.62. The Bertz CT molecular complexity index is 347. The quantitative estimate of drug-likeness (QED) is 0.587. The van der Waals surface area contributed by atoms with E-state index < -0.39 is 0 Å². The van der Waals surface area contributed by atoms with Crippen molar-refractivity contribution < 1.29 is 5.11 Å². The normalized spacial score (nSPS) is 12.7. The summed E-state index contributed by atoms with van der Waals surface area (Å²) in [5.74, 6) is 2.05. The monoisotopic (exact) mass is 310 g/mol. The summed E-state index contributed by atoms with van der Waals surface area (Å²) in [6.07, 6.45) is 0.854. The first-order chi connectivity index (χ1) is 8.13. The fourth-order valence-electron chi connectivity index (χ4n) is 1.25. The maximum absolute atomic E-state index is 8.79. The summed E-state index contributed by atoms with van der Waals surface area (Å²) in [7, 11) is 0. The number of hydrogen-bond donors (Lipinski definition) is 1. The van der Waals surface area contributed by atoms with Gasteiger partial charge in [-0.15, -0.1) is 11.8 Å². The molecule has 1 rings (SSSR count). The molecule has 1 atom stereocenters. The Morgan fingerprint density at radius 2 is 2.06 bits per heavy atom. The third-order valence-corrected chi connectivity index (χ3v) is 5.41. The van der Waals surface area contributed by atoms with Crippen LogP contribution < -0.4 is 0 Å².